The average Bonchev–Trinajstić information content (AvgIpc) is 3.55. The van der Waals surface area contributed by atoms with Crippen LogP contribution in [0, 0.1) is 29.1 Å². The standard InChI is InChI=1S/C40H54N2O4/c1-5-6-9-32-25-42-38(46-32)40(19-20-40)35(37(45)29-16-21-41-22-17-29)13-10-26(2)33-14-15-34-28(8-7-18-39(33,34)4)11-12-30-23-31(43)24-36(44)27(30)3/h11-12,16-17,21-22,25-26,31,33-36,43-44H,3,5-10,13-15,18-20,23-24H2,1-2,4H3/b28-11+,30-12-/t26-,31-,33-,34+,35-,36+,39-/m1/s1. The van der Waals surface area contributed by atoms with Gasteiger partial charge in [-0.3, -0.25) is 9.78 Å². The van der Waals surface area contributed by atoms with Crippen molar-refractivity contribution in [1.82, 2.24) is 9.97 Å². The molecule has 0 radical (unpaired) electrons. The lowest BCUT2D eigenvalue weighted by molar-refractivity contribution is 0.0792. The van der Waals surface area contributed by atoms with E-state index in [0.717, 1.165) is 79.7 Å². The van der Waals surface area contributed by atoms with Crippen LogP contribution in [0.1, 0.15) is 126 Å². The number of aryl methyl sites for hydroxylation is 1. The zero-order valence-electron chi connectivity index (χ0n) is 28.2. The maximum absolute atomic E-state index is 14.2. The van der Waals surface area contributed by atoms with E-state index in [4.69, 9.17) is 9.40 Å². The van der Waals surface area contributed by atoms with Gasteiger partial charge in [-0.05, 0) is 117 Å². The summed E-state index contributed by atoms with van der Waals surface area (Å²) in [6.07, 6.45) is 22.3. The molecule has 46 heavy (non-hydrogen) atoms. The number of aromatic nitrogens is 2. The van der Waals surface area contributed by atoms with Gasteiger partial charge in [0.15, 0.2) is 5.78 Å². The molecule has 2 aromatic heterocycles. The van der Waals surface area contributed by atoms with Crippen LogP contribution in [0.4, 0.5) is 0 Å². The quantitative estimate of drug-likeness (QED) is 0.229. The molecule has 0 spiro atoms. The highest BCUT2D eigenvalue weighted by atomic mass is 16.4. The Morgan fingerprint density at radius 3 is 2.67 bits per heavy atom. The molecule has 2 N–H and O–H groups in total. The van der Waals surface area contributed by atoms with E-state index in [9.17, 15) is 15.0 Å². The van der Waals surface area contributed by atoms with E-state index in [2.05, 4.69) is 44.5 Å². The van der Waals surface area contributed by atoms with E-state index in [1.807, 2.05) is 18.3 Å². The molecule has 4 fully saturated rings. The minimum absolute atomic E-state index is 0.150. The van der Waals surface area contributed by atoms with Gasteiger partial charge in [-0.2, -0.15) is 0 Å². The lowest BCUT2D eigenvalue weighted by atomic mass is 9.60. The van der Waals surface area contributed by atoms with Crippen molar-refractivity contribution < 1.29 is 19.4 Å². The zero-order chi connectivity index (χ0) is 32.5. The van der Waals surface area contributed by atoms with Gasteiger partial charge in [-0.15, -0.1) is 0 Å². The molecule has 6 nitrogen and oxygen atoms in total. The number of nitrogens with zero attached hydrogens (tertiary/aromatic N) is 2. The number of carbonyl (C=O) groups excluding carboxylic acids is 1. The first-order chi connectivity index (χ1) is 22.2. The van der Waals surface area contributed by atoms with Crippen molar-refractivity contribution in [2.75, 3.05) is 0 Å². The fourth-order valence-electron chi connectivity index (χ4n) is 9.54. The molecule has 0 amide bonds. The predicted molar refractivity (Wildman–Crippen MR) is 181 cm³/mol. The number of aliphatic hydroxyl groups excluding tert-OH is 2. The maximum atomic E-state index is 14.2. The summed E-state index contributed by atoms with van der Waals surface area (Å²) in [5.41, 5.74) is 3.93. The summed E-state index contributed by atoms with van der Waals surface area (Å²) in [7, 11) is 0. The average molecular weight is 627 g/mol. The number of unbranched alkanes of at least 4 members (excludes halogenated alkanes) is 1. The Morgan fingerprint density at radius 2 is 1.93 bits per heavy atom. The summed E-state index contributed by atoms with van der Waals surface area (Å²) in [5.74, 6) is 3.42. The van der Waals surface area contributed by atoms with Crippen LogP contribution in [0.5, 0.6) is 0 Å². The Kier molecular flexibility index (Phi) is 9.87. The topological polar surface area (TPSA) is 96.5 Å². The molecule has 4 aliphatic carbocycles. The minimum Gasteiger partial charge on any atom is -0.445 e. The lowest BCUT2D eigenvalue weighted by Crippen LogP contribution is -2.36. The van der Waals surface area contributed by atoms with Crippen molar-refractivity contribution in [2.45, 2.75) is 128 Å². The number of ketones is 1. The van der Waals surface area contributed by atoms with Crippen molar-refractivity contribution in [1.29, 1.82) is 0 Å². The molecule has 248 valence electrons. The highest BCUT2D eigenvalue weighted by Gasteiger charge is 2.57. The lowest BCUT2D eigenvalue weighted by Gasteiger charge is -2.44. The van der Waals surface area contributed by atoms with Gasteiger partial charge in [-0.1, -0.05) is 51.5 Å². The summed E-state index contributed by atoms with van der Waals surface area (Å²) in [6, 6.07) is 3.71. The van der Waals surface area contributed by atoms with Crippen LogP contribution in [0.25, 0.3) is 0 Å². The van der Waals surface area contributed by atoms with Crippen molar-refractivity contribution in [3.63, 3.8) is 0 Å². The molecule has 2 heterocycles. The van der Waals surface area contributed by atoms with Gasteiger partial charge in [-0.25, -0.2) is 4.98 Å². The molecule has 6 rings (SSSR count). The summed E-state index contributed by atoms with van der Waals surface area (Å²) >= 11 is 0. The second-order valence-electron chi connectivity index (χ2n) is 15.3. The minimum atomic E-state index is -0.655. The summed E-state index contributed by atoms with van der Waals surface area (Å²) < 4.78 is 6.35. The second kappa shape index (κ2) is 13.7. The summed E-state index contributed by atoms with van der Waals surface area (Å²) in [6.45, 7) is 11.2. The van der Waals surface area contributed by atoms with Crippen LogP contribution >= 0.6 is 0 Å². The third-order valence-electron chi connectivity index (χ3n) is 12.4. The number of aliphatic hydroxyl groups is 2. The highest BCUT2D eigenvalue weighted by molar-refractivity contribution is 5.99. The Balaban J connectivity index is 1.19. The molecule has 6 heteroatoms. The van der Waals surface area contributed by atoms with E-state index in [0.29, 0.717) is 30.6 Å². The van der Waals surface area contributed by atoms with E-state index in [1.54, 1.807) is 12.4 Å². The van der Waals surface area contributed by atoms with Gasteiger partial charge in [0.25, 0.3) is 0 Å². The van der Waals surface area contributed by atoms with Crippen LogP contribution in [0.2, 0.25) is 0 Å². The van der Waals surface area contributed by atoms with E-state index in [-0.39, 0.29) is 22.5 Å². The SMILES string of the molecule is C=C1/C(=C\C=C2/CCC[C@]3(C)[C@@H]([C@H](C)CC[C@H](C(=O)c4ccncc4)C4(c5ncc(CCCC)o5)CC4)CC[C@@H]23)C[C@@H](O)C[C@@H]1O. The third kappa shape index (κ3) is 6.49. The van der Waals surface area contributed by atoms with Crippen molar-refractivity contribution in [3.8, 4) is 0 Å². The third-order valence-corrected chi connectivity index (χ3v) is 12.4. The smallest absolute Gasteiger partial charge is 0.201 e. The molecular formula is C40H54N2O4. The van der Waals surface area contributed by atoms with Crippen LogP contribution in [-0.2, 0) is 11.8 Å². The number of allylic oxidation sites excluding steroid dienone is 3. The molecule has 7 atom stereocenters. The van der Waals surface area contributed by atoms with Gasteiger partial charge in [0.05, 0.1) is 23.8 Å². The van der Waals surface area contributed by atoms with E-state index >= 15 is 0 Å². The number of pyridine rings is 1. The van der Waals surface area contributed by atoms with Crippen LogP contribution < -0.4 is 0 Å². The Morgan fingerprint density at radius 1 is 1.15 bits per heavy atom. The molecule has 0 unspecified atom stereocenters. The molecule has 4 aliphatic rings. The van der Waals surface area contributed by atoms with Crippen LogP contribution in [0.15, 0.2) is 70.6 Å². The second-order valence-corrected chi connectivity index (χ2v) is 15.3. The van der Waals surface area contributed by atoms with Crippen molar-refractivity contribution in [3.05, 3.63) is 83.4 Å². The summed E-state index contributed by atoms with van der Waals surface area (Å²) in [4.78, 5) is 23.1. The number of fused-ring (bicyclic) bond motifs is 1. The Bertz CT molecular complexity index is 1450. The number of carbonyl (C=O) groups is 1. The molecular weight excluding hydrogens is 572 g/mol. The van der Waals surface area contributed by atoms with Crippen LogP contribution in [-0.4, -0.2) is 38.2 Å². The highest BCUT2D eigenvalue weighted by Crippen LogP contribution is 2.61. The monoisotopic (exact) mass is 626 g/mol. The van der Waals surface area contributed by atoms with Crippen molar-refractivity contribution >= 4 is 5.78 Å². The fraction of sp³-hybridized carbons (Fsp3) is 0.625. The first-order valence-corrected chi connectivity index (χ1v) is 18.0. The van der Waals surface area contributed by atoms with Gasteiger partial charge in [0, 0.05) is 36.7 Å². The molecule has 0 aliphatic heterocycles. The number of hydrogen-bond acceptors (Lipinski definition) is 6. The maximum Gasteiger partial charge on any atom is 0.201 e. The van der Waals surface area contributed by atoms with E-state index < -0.39 is 12.2 Å². The summed E-state index contributed by atoms with van der Waals surface area (Å²) in [5, 5.41) is 20.6. The normalized spacial score (nSPS) is 32.0. The molecule has 2 aromatic rings. The molecule has 0 aromatic carbocycles. The number of rotatable bonds is 12. The van der Waals surface area contributed by atoms with Gasteiger partial charge in [0.1, 0.15) is 5.76 Å². The Labute approximate surface area is 275 Å². The molecule has 4 saturated carbocycles. The van der Waals surface area contributed by atoms with Gasteiger partial charge in [0.2, 0.25) is 5.89 Å². The molecule has 0 bridgehead atoms. The largest absolute Gasteiger partial charge is 0.445 e. The van der Waals surface area contributed by atoms with Crippen molar-refractivity contribution in [2.24, 2.45) is 29.1 Å². The van der Waals surface area contributed by atoms with Gasteiger partial charge >= 0.3 is 0 Å². The van der Waals surface area contributed by atoms with Crippen LogP contribution in [0.3, 0.4) is 0 Å². The van der Waals surface area contributed by atoms with E-state index in [1.165, 1.54) is 31.3 Å². The zero-order valence-corrected chi connectivity index (χ0v) is 28.2. The van der Waals surface area contributed by atoms with Gasteiger partial charge < -0.3 is 14.6 Å². The first-order valence-electron chi connectivity index (χ1n) is 18.0. The first kappa shape index (κ1) is 33.1. The number of oxazole rings is 1. The number of Topliss-reactive ketones (excluding diaryl/α,β-unsaturated/α-hetero) is 1. The number of hydrogen-bond donors (Lipinski definition) is 2. The predicted octanol–water partition coefficient (Wildman–Crippen LogP) is 8.50. The Hall–Kier alpha value is -2.83. The molecule has 0 saturated heterocycles. The fourth-order valence-corrected chi connectivity index (χ4v) is 9.54.